The van der Waals surface area contributed by atoms with Crippen LogP contribution < -0.4 is 0 Å². The summed E-state index contributed by atoms with van der Waals surface area (Å²) in [6, 6.07) is 3.54. The van der Waals surface area contributed by atoms with E-state index >= 15 is 0 Å². The zero-order valence-corrected chi connectivity index (χ0v) is 11.4. The van der Waals surface area contributed by atoms with Gasteiger partial charge in [-0.15, -0.1) is 0 Å². The lowest BCUT2D eigenvalue weighted by Crippen LogP contribution is -2.62. The molecule has 0 saturated carbocycles. The molecule has 1 aromatic carbocycles. The van der Waals surface area contributed by atoms with Gasteiger partial charge in [0.05, 0.1) is 0 Å². The van der Waals surface area contributed by atoms with Crippen LogP contribution in [0.1, 0.15) is 24.2 Å². The molecule has 0 aromatic heterocycles. The molecule has 0 heterocycles. The molecule has 0 radical (unpaired) electrons. The predicted molar refractivity (Wildman–Crippen MR) is 61.4 cm³/mol. The summed E-state index contributed by atoms with van der Waals surface area (Å²) in [6.45, 7) is 1.50. The molecule has 10 heteroatoms. The molecule has 1 atom stereocenters. The maximum Gasteiger partial charge on any atom is 0.415 e. The van der Waals surface area contributed by atoms with Gasteiger partial charge in [-0.25, -0.2) is 0 Å². The molecule has 0 spiro atoms. The molecule has 0 aliphatic rings. The first-order valence-corrected chi connectivity index (χ1v) is 6.17. The Morgan fingerprint density at radius 1 is 0.870 bits per heavy atom. The van der Waals surface area contributed by atoms with Crippen LogP contribution >= 0.6 is 0 Å². The van der Waals surface area contributed by atoms with E-state index in [9.17, 15) is 44.6 Å². The normalized spacial score (nSPS) is 15.6. The van der Waals surface area contributed by atoms with Crippen LogP contribution in [0.2, 0.25) is 0 Å². The second-order valence-corrected chi connectivity index (χ2v) is 4.80. The molecule has 0 fully saturated rings. The van der Waals surface area contributed by atoms with Gasteiger partial charge in [0.15, 0.2) is 0 Å². The Morgan fingerprint density at radius 3 is 1.65 bits per heavy atom. The Bertz CT molecular complexity index is 506. The highest BCUT2D eigenvalue weighted by molar-refractivity contribution is 5.28. The third-order valence-electron chi connectivity index (χ3n) is 3.43. The van der Waals surface area contributed by atoms with Crippen LogP contribution in [-0.4, -0.2) is 23.6 Å². The molecule has 1 aromatic rings. The molecule has 0 saturated heterocycles. The van der Waals surface area contributed by atoms with Crippen molar-refractivity contribution in [3.8, 4) is 0 Å². The molecule has 23 heavy (non-hydrogen) atoms. The molecule has 0 aliphatic heterocycles. The van der Waals surface area contributed by atoms with Crippen molar-refractivity contribution in [3.63, 3.8) is 0 Å². The average Bonchev–Trinajstić information content (AvgIpc) is 2.34. The Balaban J connectivity index is 3.69. The van der Waals surface area contributed by atoms with E-state index in [1.165, 1.54) is 13.0 Å². The minimum atomic E-state index is -6.80. The van der Waals surface area contributed by atoms with Gasteiger partial charge < -0.3 is 5.11 Å². The largest absolute Gasteiger partial charge is 0.415 e. The van der Waals surface area contributed by atoms with E-state index in [1.54, 1.807) is 0 Å². The van der Waals surface area contributed by atoms with Crippen LogP contribution in [0.4, 0.5) is 39.5 Å². The smallest absolute Gasteiger partial charge is 0.387 e. The summed E-state index contributed by atoms with van der Waals surface area (Å²) < 4.78 is 116. The fourth-order valence-corrected chi connectivity index (χ4v) is 2.18. The summed E-state index contributed by atoms with van der Waals surface area (Å²) in [5.41, 5.74) is -7.21. The Morgan fingerprint density at radius 2 is 1.30 bits per heavy atom. The lowest BCUT2D eigenvalue weighted by molar-refractivity contribution is -0.449. The van der Waals surface area contributed by atoms with E-state index in [-0.39, 0.29) is 12.0 Å². The molecule has 0 bridgehead atoms. The Labute approximate surface area is 124 Å². The van der Waals surface area contributed by atoms with Crippen LogP contribution in [0.25, 0.3) is 0 Å². The van der Waals surface area contributed by atoms with Crippen LogP contribution in [0.5, 0.6) is 0 Å². The second-order valence-electron chi connectivity index (χ2n) is 4.80. The molecular formula is C13H11F9O. The summed E-state index contributed by atoms with van der Waals surface area (Å²) in [5, 5.41) is 9.50. The highest BCUT2D eigenvalue weighted by atomic mass is 19.4. The van der Waals surface area contributed by atoms with Gasteiger partial charge in [0, 0.05) is 0 Å². The van der Waals surface area contributed by atoms with Gasteiger partial charge in [0.2, 0.25) is 0 Å². The third-order valence-corrected chi connectivity index (χ3v) is 3.43. The van der Waals surface area contributed by atoms with E-state index in [2.05, 4.69) is 0 Å². The van der Waals surface area contributed by atoms with Crippen molar-refractivity contribution in [1.82, 2.24) is 0 Å². The highest BCUT2D eigenvalue weighted by Gasteiger charge is 2.86. The molecule has 0 aliphatic carbocycles. The lowest BCUT2D eigenvalue weighted by atomic mass is 9.76. The lowest BCUT2D eigenvalue weighted by Gasteiger charge is -2.41. The molecule has 0 amide bonds. The van der Waals surface area contributed by atoms with Gasteiger partial charge in [-0.1, -0.05) is 31.2 Å². The van der Waals surface area contributed by atoms with Crippen molar-refractivity contribution < 1.29 is 44.6 Å². The van der Waals surface area contributed by atoms with Gasteiger partial charge in [0.1, 0.15) is 6.10 Å². The number of halogens is 9. The summed E-state index contributed by atoms with van der Waals surface area (Å²) in [6.07, 6.45) is -24.1. The van der Waals surface area contributed by atoms with Gasteiger partial charge in [-0.05, 0) is 17.5 Å². The number of alkyl halides is 9. The van der Waals surface area contributed by atoms with E-state index in [1.807, 2.05) is 0 Å². The summed E-state index contributed by atoms with van der Waals surface area (Å²) in [5.74, 6) is 0. The van der Waals surface area contributed by atoms with E-state index in [0.717, 1.165) is 6.07 Å². The van der Waals surface area contributed by atoms with E-state index in [0.29, 0.717) is 12.1 Å². The second kappa shape index (κ2) is 5.88. The van der Waals surface area contributed by atoms with Crippen molar-refractivity contribution in [2.24, 2.45) is 5.41 Å². The van der Waals surface area contributed by atoms with Crippen molar-refractivity contribution >= 4 is 0 Å². The van der Waals surface area contributed by atoms with E-state index in [4.69, 9.17) is 0 Å². The van der Waals surface area contributed by atoms with Gasteiger partial charge in [-0.2, -0.15) is 39.5 Å². The molecule has 1 unspecified atom stereocenters. The highest BCUT2D eigenvalue weighted by Crippen LogP contribution is 2.64. The number of hydrogen-bond donors (Lipinski definition) is 1. The Kier molecular flexibility index (Phi) is 5.01. The molecular weight excluding hydrogens is 343 g/mol. The van der Waals surface area contributed by atoms with Crippen molar-refractivity contribution in [2.45, 2.75) is 38.0 Å². The topological polar surface area (TPSA) is 20.2 Å². The van der Waals surface area contributed by atoms with Crippen LogP contribution in [-0.2, 0) is 6.42 Å². The maximum atomic E-state index is 12.9. The Hall–Kier alpha value is -1.45. The number of hydrogen-bond acceptors (Lipinski definition) is 1. The zero-order valence-electron chi connectivity index (χ0n) is 11.4. The van der Waals surface area contributed by atoms with Gasteiger partial charge in [0.25, 0.3) is 5.41 Å². The van der Waals surface area contributed by atoms with Crippen molar-refractivity contribution in [3.05, 3.63) is 35.4 Å². The number of aliphatic hydroxyl groups is 1. The minimum absolute atomic E-state index is 0.150. The van der Waals surface area contributed by atoms with Crippen LogP contribution in [0.3, 0.4) is 0 Å². The monoisotopic (exact) mass is 354 g/mol. The van der Waals surface area contributed by atoms with E-state index < -0.39 is 35.6 Å². The number of aryl methyl sites for hydroxylation is 1. The minimum Gasteiger partial charge on any atom is -0.387 e. The third kappa shape index (κ3) is 3.13. The molecule has 1 rings (SSSR count). The van der Waals surface area contributed by atoms with Crippen molar-refractivity contribution in [1.29, 1.82) is 0 Å². The van der Waals surface area contributed by atoms with Gasteiger partial charge >= 0.3 is 18.5 Å². The SMILES string of the molecule is CCc1cccc(C(O)C(C(F)(F)F)(C(F)(F)F)C(F)(F)F)c1. The van der Waals surface area contributed by atoms with Gasteiger partial charge in [-0.3, -0.25) is 0 Å². The quantitative estimate of drug-likeness (QED) is 0.761. The average molecular weight is 354 g/mol. The fourth-order valence-electron chi connectivity index (χ4n) is 2.18. The molecule has 1 nitrogen and oxygen atoms in total. The van der Waals surface area contributed by atoms with Crippen molar-refractivity contribution in [2.75, 3.05) is 0 Å². The summed E-state index contributed by atoms with van der Waals surface area (Å²) in [7, 11) is 0. The standard InChI is InChI=1S/C13H11F9O/c1-2-7-4-3-5-8(6-7)9(23)10(11(14,15)16,12(17,18)19)13(20,21)22/h3-6,9,23H,2H2,1H3. The summed E-state index contributed by atoms with van der Waals surface area (Å²) in [4.78, 5) is 0. The first-order chi connectivity index (χ1) is 10.2. The predicted octanol–water partition coefficient (Wildman–Crippen LogP) is 4.96. The first-order valence-electron chi connectivity index (χ1n) is 6.17. The number of benzene rings is 1. The molecule has 1 N–H and O–H groups in total. The fraction of sp³-hybridized carbons (Fsp3) is 0.538. The first kappa shape index (κ1) is 19.6. The maximum absolute atomic E-state index is 12.9. The van der Waals surface area contributed by atoms with Crippen LogP contribution in [0, 0.1) is 5.41 Å². The molecule has 132 valence electrons. The summed E-state index contributed by atoms with van der Waals surface area (Å²) >= 11 is 0. The number of rotatable bonds is 3. The van der Waals surface area contributed by atoms with Crippen LogP contribution in [0.15, 0.2) is 24.3 Å². The zero-order chi connectivity index (χ0) is 18.3. The number of aliphatic hydroxyl groups excluding tert-OH is 1.